The largest absolute Gasteiger partial charge is 0.382 e. The number of fused-ring (bicyclic) bond motifs is 1. The van der Waals surface area contributed by atoms with Crippen molar-refractivity contribution in [3.05, 3.63) is 72.6 Å². The Morgan fingerprint density at radius 1 is 0.939 bits per heavy atom. The van der Waals surface area contributed by atoms with Gasteiger partial charge in [0.1, 0.15) is 0 Å². The van der Waals surface area contributed by atoms with Gasteiger partial charge in [0.15, 0.2) is 11.5 Å². The molecule has 7 nitrogen and oxygen atoms in total. The Hall–Kier alpha value is -3.84. The second kappa shape index (κ2) is 10.2. The van der Waals surface area contributed by atoms with Gasteiger partial charge >= 0.3 is 0 Å². The van der Waals surface area contributed by atoms with E-state index in [1.54, 1.807) is 6.20 Å². The summed E-state index contributed by atoms with van der Waals surface area (Å²) in [5.74, 6) is -0.212. The van der Waals surface area contributed by atoms with Crippen molar-refractivity contribution < 1.29 is 4.79 Å². The van der Waals surface area contributed by atoms with Crippen molar-refractivity contribution in [1.29, 1.82) is 0 Å². The number of aromatic nitrogens is 3. The van der Waals surface area contributed by atoms with Gasteiger partial charge in [-0.1, -0.05) is 56.3 Å². The average Bonchev–Trinajstić information content (AvgIpc) is 2.86. The smallest absolute Gasteiger partial charge is 0.273 e. The molecular formula is C26H28N6O. The quantitative estimate of drug-likeness (QED) is 0.430. The summed E-state index contributed by atoms with van der Waals surface area (Å²) in [6, 6.07) is 19.5. The van der Waals surface area contributed by atoms with E-state index in [-0.39, 0.29) is 17.4 Å². The second-order valence-corrected chi connectivity index (χ2v) is 7.71. The third-order valence-corrected chi connectivity index (χ3v) is 5.67. The van der Waals surface area contributed by atoms with E-state index in [9.17, 15) is 4.79 Å². The molecule has 33 heavy (non-hydrogen) atoms. The Morgan fingerprint density at radius 2 is 1.70 bits per heavy atom. The molecule has 0 saturated carbocycles. The third-order valence-electron chi connectivity index (χ3n) is 5.67. The van der Waals surface area contributed by atoms with Crippen LogP contribution in [0.2, 0.25) is 0 Å². The molecule has 0 unspecified atom stereocenters. The molecule has 0 fully saturated rings. The molecule has 0 aliphatic rings. The highest BCUT2D eigenvalue weighted by molar-refractivity contribution is 5.98. The van der Waals surface area contributed by atoms with Crippen LogP contribution in [0, 0.1) is 0 Å². The fourth-order valence-electron chi connectivity index (χ4n) is 3.79. The topological polar surface area (TPSA) is 97.0 Å². The molecule has 0 bridgehead atoms. The lowest BCUT2D eigenvalue weighted by atomic mass is 10.0. The van der Waals surface area contributed by atoms with E-state index in [4.69, 9.17) is 10.7 Å². The number of anilines is 1. The van der Waals surface area contributed by atoms with E-state index in [0.717, 1.165) is 41.7 Å². The first kappa shape index (κ1) is 22.4. The Morgan fingerprint density at radius 3 is 2.45 bits per heavy atom. The summed E-state index contributed by atoms with van der Waals surface area (Å²) in [5.41, 5.74) is 10.2. The molecule has 0 saturated heterocycles. The predicted octanol–water partition coefficient (Wildman–Crippen LogP) is 4.01. The minimum atomic E-state index is -0.324. The molecule has 0 spiro atoms. The molecular weight excluding hydrogens is 412 g/mol. The van der Waals surface area contributed by atoms with Crippen LogP contribution in [0.3, 0.4) is 0 Å². The van der Waals surface area contributed by atoms with Gasteiger partial charge in [-0.2, -0.15) is 0 Å². The minimum absolute atomic E-state index is 0.111. The highest BCUT2D eigenvalue weighted by Gasteiger charge is 2.20. The summed E-state index contributed by atoms with van der Waals surface area (Å²) in [5, 5.41) is 3.92. The zero-order chi connectivity index (χ0) is 23.2. The van der Waals surface area contributed by atoms with Crippen LogP contribution in [0.25, 0.3) is 33.4 Å². The van der Waals surface area contributed by atoms with Crippen LogP contribution in [0.1, 0.15) is 24.3 Å². The van der Waals surface area contributed by atoms with Gasteiger partial charge in [0, 0.05) is 35.8 Å². The molecule has 4 aromatic rings. The zero-order valence-corrected chi connectivity index (χ0v) is 19.0. The van der Waals surface area contributed by atoms with Crippen LogP contribution in [-0.4, -0.2) is 51.9 Å². The van der Waals surface area contributed by atoms with Gasteiger partial charge in [-0.15, -0.1) is 0 Å². The Bertz CT molecular complexity index is 1250. The Labute approximate surface area is 193 Å². The summed E-state index contributed by atoms with van der Waals surface area (Å²) in [6.07, 6.45) is 1.76. The molecule has 0 atom stereocenters. The highest BCUT2D eigenvalue weighted by atomic mass is 16.1. The fraction of sp³-hybridized carbons (Fsp3) is 0.231. The van der Waals surface area contributed by atoms with Gasteiger partial charge in [0.2, 0.25) is 0 Å². The van der Waals surface area contributed by atoms with Crippen molar-refractivity contribution in [2.75, 3.05) is 31.9 Å². The number of rotatable bonds is 8. The van der Waals surface area contributed by atoms with Gasteiger partial charge < -0.3 is 16.0 Å². The Balaban J connectivity index is 1.74. The van der Waals surface area contributed by atoms with Crippen LogP contribution >= 0.6 is 0 Å². The maximum atomic E-state index is 12.9. The molecule has 3 N–H and O–H groups in total. The first-order valence-electron chi connectivity index (χ1n) is 11.2. The summed E-state index contributed by atoms with van der Waals surface area (Å²) in [4.78, 5) is 28.9. The molecule has 7 heteroatoms. The van der Waals surface area contributed by atoms with Crippen LogP contribution in [0.5, 0.6) is 0 Å². The highest BCUT2D eigenvalue weighted by Crippen LogP contribution is 2.32. The van der Waals surface area contributed by atoms with E-state index in [0.29, 0.717) is 17.9 Å². The molecule has 1 amide bonds. The van der Waals surface area contributed by atoms with E-state index in [1.807, 2.05) is 60.7 Å². The standard InChI is InChI=1S/C26H28N6O/c1-3-32(4-2)16-15-29-26(33)24-25(27)31-22(18-9-6-5-7-10-18)23(30-24)20-12-13-21-19(17-20)11-8-14-28-21/h5-14,17H,3-4,15-16H2,1-2H3,(H2,27,31)(H,29,33). The summed E-state index contributed by atoms with van der Waals surface area (Å²) < 4.78 is 0. The number of amides is 1. The lowest BCUT2D eigenvalue weighted by Gasteiger charge is -2.18. The molecule has 2 heterocycles. The maximum Gasteiger partial charge on any atom is 0.273 e. The number of benzene rings is 2. The van der Waals surface area contributed by atoms with Crippen molar-refractivity contribution in [3.8, 4) is 22.5 Å². The molecule has 168 valence electrons. The molecule has 2 aromatic heterocycles. The lowest BCUT2D eigenvalue weighted by Crippen LogP contribution is -2.35. The van der Waals surface area contributed by atoms with Crippen molar-refractivity contribution in [2.24, 2.45) is 0 Å². The SMILES string of the molecule is CCN(CC)CCNC(=O)c1nc(-c2ccc3ncccc3c2)c(-c2ccccc2)nc1N. The number of nitrogen functional groups attached to an aromatic ring is 1. The van der Waals surface area contributed by atoms with E-state index >= 15 is 0 Å². The molecule has 0 aliphatic heterocycles. The second-order valence-electron chi connectivity index (χ2n) is 7.71. The molecule has 0 aliphatic carbocycles. The summed E-state index contributed by atoms with van der Waals surface area (Å²) >= 11 is 0. The van der Waals surface area contributed by atoms with Crippen LogP contribution < -0.4 is 11.1 Å². The average molecular weight is 441 g/mol. The Kier molecular flexibility index (Phi) is 6.90. The number of nitrogens with one attached hydrogen (secondary N) is 1. The van der Waals surface area contributed by atoms with Gasteiger partial charge in [-0.3, -0.25) is 9.78 Å². The van der Waals surface area contributed by atoms with Gasteiger partial charge in [0.25, 0.3) is 5.91 Å². The number of carbonyl (C=O) groups is 1. The minimum Gasteiger partial charge on any atom is -0.382 e. The van der Waals surface area contributed by atoms with Crippen molar-refractivity contribution in [3.63, 3.8) is 0 Å². The number of hydrogen-bond acceptors (Lipinski definition) is 6. The number of carbonyl (C=O) groups excluding carboxylic acids is 1. The zero-order valence-electron chi connectivity index (χ0n) is 19.0. The van der Waals surface area contributed by atoms with Crippen molar-refractivity contribution >= 4 is 22.6 Å². The normalized spacial score (nSPS) is 11.1. The number of likely N-dealkylation sites (N-methyl/N-ethyl adjacent to an activating group) is 1. The van der Waals surface area contributed by atoms with Gasteiger partial charge in [-0.05, 0) is 31.3 Å². The molecule has 0 radical (unpaired) electrons. The molecule has 4 rings (SSSR count). The summed E-state index contributed by atoms with van der Waals surface area (Å²) in [7, 11) is 0. The first-order chi connectivity index (χ1) is 16.1. The number of nitrogens with zero attached hydrogens (tertiary/aromatic N) is 4. The number of pyridine rings is 1. The van der Waals surface area contributed by atoms with E-state index < -0.39 is 0 Å². The van der Waals surface area contributed by atoms with Crippen molar-refractivity contribution in [2.45, 2.75) is 13.8 Å². The fourth-order valence-corrected chi connectivity index (χ4v) is 3.79. The van der Waals surface area contributed by atoms with Gasteiger partial charge in [-0.25, -0.2) is 9.97 Å². The first-order valence-corrected chi connectivity index (χ1v) is 11.2. The predicted molar refractivity (Wildman–Crippen MR) is 133 cm³/mol. The maximum absolute atomic E-state index is 12.9. The van der Waals surface area contributed by atoms with Crippen LogP contribution in [0.15, 0.2) is 66.9 Å². The lowest BCUT2D eigenvalue weighted by molar-refractivity contribution is 0.0944. The van der Waals surface area contributed by atoms with Crippen LogP contribution in [-0.2, 0) is 0 Å². The van der Waals surface area contributed by atoms with Crippen LogP contribution in [0.4, 0.5) is 5.82 Å². The van der Waals surface area contributed by atoms with E-state index in [2.05, 4.69) is 34.0 Å². The molecule has 2 aromatic carbocycles. The number of nitrogens with two attached hydrogens (primary N) is 1. The van der Waals surface area contributed by atoms with Gasteiger partial charge in [0.05, 0.1) is 16.9 Å². The van der Waals surface area contributed by atoms with Crippen molar-refractivity contribution in [1.82, 2.24) is 25.2 Å². The van der Waals surface area contributed by atoms with E-state index in [1.165, 1.54) is 0 Å². The third kappa shape index (κ3) is 4.99. The summed E-state index contributed by atoms with van der Waals surface area (Å²) in [6.45, 7) is 7.34. The number of hydrogen-bond donors (Lipinski definition) is 2. The monoisotopic (exact) mass is 440 g/mol.